The fourth-order valence-electron chi connectivity index (χ4n) is 4.00. The number of nitrogens with two attached hydrogens (primary N) is 2. The van der Waals surface area contributed by atoms with Crippen molar-refractivity contribution in [1.82, 2.24) is 15.3 Å². The fourth-order valence-corrected chi connectivity index (χ4v) is 5.03. The average molecular weight is 456 g/mol. The maximum Gasteiger partial charge on any atom is 0.488 e. The second kappa shape index (κ2) is 9.16. The van der Waals surface area contributed by atoms with E-state index >= 15 is 0 Å². The molecule has 4 heterocycles. The molecule has 13 nitrogen and oxygen atoms in total. The van der Waals surface area contributed by atoms with Crippen LogP contribution in [0.4, 0.5) is 17.5 Å². The summed E-state index contributed by atoms with van der Waals surface area (Å²) in [6, 6.07) is 0. The van der Waals surface area contributed by atoms with Gasteiger partial charge in [0.25, 0.3) is 5.56 Å². The number of aromatic amines is 1. The lowest BCUT2D eigenvalue weighted by molar-refractivity contribution is -0.0452. The molecule has 4 rings (SSSR count). The number of nitrogen functional groups attached to an aromatic ring is 1. The third-order valence-electron chi connectivity index (χ3n) is 5.47. The third-order valence-corrected chi connectivity index (χ3v) is 6.54. The number of aliphatic hydroxyl groups excluding tert-OH is 1. The van der Waals surface area contributed by atoms with Crippen molar-refractivity contribution in [2.75, 3.05) is 35.6 Å². The molecule has 0 bridgehead atoms. The molecule has 0 aliphatic carbocycles. The number of nitrogens with zero attached hydrogens (tertiary/aromatic N) is 2. The summed E-state index contributed by atoms with van der Waals surface area (Å²) < 4.78 is 16.5. The Morgan fingerprint density at radius 2 is 2.13 bits per heavy atom. The van der Waals surface area contributed by atoms with E-state index in [2.05, 4.69) is 20.6 Å². The molecule has 1 aromatic rings. The largest absolute Gasteiger partial charge is 0.488 e. The van der Waals surface area contributed by atoms with Gasteiger partial charge in [-0.15, -0.1) is 0 Å². The molecule has 2 fully saturated rings. The molecular formula is C16H28BN7O6P+. The Labute approximate surface area is 180 Å². The monoisotopic (exact) mass is 456 g/mol. The van der Waals surface area contributed by atoms with E-state index in [0.29, 0.717) is 13.1 Å². The molecule has 15 heteroatoms. The van der Waals surface area contributed by atoms with Gasteiger partial charge in [0, 0.05) is 0 Å². The lowest BCUT2D eigenvalue weighted by Crippen LogP contribution is -2.56. The number of hydrogen-bond donors (Lipinski definition) is 7. The van der Waals surface area contributed by atoms with Crippen molar-refractivity contribution in [1.29, 1.82) is 0 Å². The molecule has 2 saturated heterocycles. The summed E-state index contributed by atoms with van der Waals surface area (Å²) in [6.45, 7) is 1.28. The minimum atomic E-state index is -3.52. The van der Waals surface area contributed by atoms with Gasteiger partial charge in [0.15, 0.2) is 24.4 Å². The first-order valence-electron chi connectivity index (χ1n) is 10.3. The van der Waals surface area contributed by atoms with Crippen molar-refractivity contribution in [3.05, 3.63) is 10.4 Å². The second-order valence-corrected chi connectivity index (χ2v) is 9.34. The van der Waals surface area contributed by atoms with Gasteiger partial charge < -0.3 is 26.6 Å². The van der Waals surface area contributed by atoms with Crippen LogP contribution in [-0.2, 0) is 13.8 Å². The number of H-pyrrole nitrogens is 1. The van der Waals surface area contributed by atoms with Crippen LogP contribution in [0.15, 0.2) is 4.79 Å². The van der Waals surface area contributed by atoms with Crippen LogP contribution < -0.4 is 32.6 Å². The Kier molecular flexibility index (Phi) is 6.70. The number of hydrogen-bond acceptors (Lipinski definition) is 12. The van der Waals surface area contributed by atoms with E-state index in [1.54, 1.807) is 4.90 Å². The number of anilines is 3. The summed E-state index contributed by atoms with van der Waals surface area (Å²) in [5.74, 6) is 0.174. The number of aromatic nitrogens is 2. The van der Waals surface area contributed by atoms with Crippen LogP contribution >= 0.6 is 7.82 Å². The highest BCUT2D eigenvalue weighted by molar-refractivity contribution is 7.85. The van der Waals surface area contributed by atoms with Gasteiger partial charge in [0.05, 0.1) is 0 Å². The number of ether oxygens (including phenoxy) is 1. The second-order valence-electron chi connectivity index (χ2n) is 7.75. The molecular weight excluding hydrogens is 428 g/mol. The van der Waals surface area contributed by atoms with E-state index in [0.717, 1.165) is 25.7 Å². The number of fused-ring (bicyclic) bond motifs is 2. The highest BCUT2D eigenvalue weighted by Crippen LogP contribution is 2.58. The van der Waals surface area contributed by atoms with Crippen molar-refractivity contribution >= 4 is 32.8 Å². The molecule has 31 heavy (non-hydrogen) atoms. The molecule has 0 spiro atoms. The van der Waals surface area contributed by atoms with E-state index in [1.807, 2.05) is 0 Å². The van der Waals surface area contributed by atoms with Gasteiger partial charge in [-0.3, -0.25) is 20.0 Å². The average Bonchev–Trinajstić information content (AvgIpc) is 3.21. The quantitative estimate of drug-likeness (QED) is 0.134. The van der Waals surface area contributed by atoms with E-state index in [1.165, 1.54) is 0 Å². The molecule has 0 amide bonds. The number of nitrogens with one attached hydrogen (secondary N) is 3. The molecule has 3 aliphatic heterocycles. The van der Waals surface area contributed by atoms with Crippen LogP contribution in [0, 0.1) is 0 Å². The first kappa shape index (κ1) is 22.7. The first-order chi connectivity index (χ1) is 14.8. The van der Waals surface area contributed by atoms with Gasteiger partial charge >= 0.3 is 15.4 Å². The van der Waals surface area contributed by atoms with Gasteiger partial charge in [-0.05, 0) is 25.9 Å². The maximum absolute atomic E-state index is 12.4. The van der Waals surface area contributed by atoms with E-state index in [9.17, 15) is 14.8 Å². The Morgan fingerprint density at radius 1 is 1.35 bits per heavy atom. The van der Waals surface area contributed by atoms with Crippen molar-refractivity contribution in [2.24, 2.45) is 5.73 Å². The minimum Gasteiger partial charge on any atom is -0.385 e. The van der Waals surface area contributed by atoms with Crippen molar-refractivity contribution < 1.29 is 23.8 Å². The zero-order valence-corrected chi connectivity index (χ0v) is 17.8. The highest BCUT2D eigenvalue weighted by Gasteiger charge is 2.59. The molecule has 6 atom stereocenters. The number of rotatable bonds is 8. The summed E-state index contributed by atoms with van der Waals surface area (Å²) in [5, 5.41) is 17.3. The van der Waals surface area contributed by atoms with Gasteiger partial charge in [-0.2, -0.15) is 14.0 Å². The molecule has 5 unspecified atom stereocenters. The van der Waals surface area contributed by atoms with Crippen molar-refractivity contribution in [2.45, 2.75) is 56.5 Å². The Balaban J connectivity index is 1.53. The highest BCUT2D eigenvalue weighted by atomic mass is 31.2. The minimum absolute atomic E-state index is 0.0304. The zero-order chi connectivity index (χ0) is 22.2. The van der Waals surface area contributed by atoms with E-state index in [-0.39, 0.29) is 24.1 Å². The van der Waals surface area contributed by atoms with Crippen LogP contribution in [0.5, 0.6) is 0 Å². The molecule has 170 valence electrons. The van der Waals surface area contributed by atoms with Crippen LogP contribution in [-0.4, -0.2) is 78.1 Å². The Bertz CT molecular complexity index is 847. The van der Waals surface area contributed by atoms with Gasteiger partial charge in [0.2, 0.25) is 5.95 Å². The Hall–Kier alpha value is -1.51. The molecule has 1 aromatic heterocycles. The summed E-state index contributed by atoms with van der Waals surface area (Å²) in [7, 11) is 2.07. The lowest BCUT2D eigenvalue weighted by Gasteiger charge is -2.33. The third kappa shape index (κ3) is 4.66. The van der Waals surface area contributed by atoms with E-state index < -0.39 is 44.2 Å². The van der Waals surface area contributed by atoms with Crippen molar-refractivity contribution in [3.63, 3.8) is 0 Å². The molecule has 0 saturated carbocycles. The van der Waals surface area contributed by atoms with Gasteiger partial charge in [-0.25, -0.2) is 4.89 Å². The summed E-state index contributed by atoms with van der Waals surface area (Å²) in [5.41, 5.74) is 11.0. The summed E-state index contributed by atoms with van der Waals surface area (Å²) in [6.07, 6.45) is -0.350. The molecule has 9 N–H and O–H groups in total. The molecule has 2 radical (unpaired) electrons. The molecule has 0 aromatic carbocycles. The SMILES string of the molecule is [B][P+]1(O)OCC2OC(N3c4nc(N)[nH]c(=O)c4NC3NCCCCCCN)C(O)[C@@H]2O1. The van der Waals surface area contributed by atoms with E-state index in [4.69, 9.17) is 32.8 Å². The molecule has 3 aliphatic rings. The standard InChI is InChI=1S/C16H28BN7O6P/c17-31(27)28-7-8-11(30-31)10(25)14(29-8)24-12-9(13(26)23-15(19)22-12)21-16(24)20-6-4-2-1-3-5-18/h8,10-11,14,16,20-21,25,27H,1-7,18H2,(H3,19,22,23,26)/q+1/t8?,10?,11-,14?,16?,31?/m1/s1. The maximum atomic E-state index is 12.4. The number of aliphatic hydroxyl groups is 1. The Morgan fingerprint density at radius 3 is 2.90 bits per heavy atom. The normalized spacial score (nSPS) is 34.4. The first-order valence-corrected chi connectivity index (χ1v) is 11.9. The van der Waals surface area contributed by atoms with Crippen LogP contribution in [0.25, 0.3) is 0 Å². The fraction of sp³-hybridized carbons (Fsp3) is 0.750. The predicted octanol–water partition coefficient (Wildman–Crippen LogP) is -1.68. The lowest BCUT2D eigenvalue weighted by atomic mass is 10.1. The summed E-state index contributed by atoms with van der Waals surface area (Å²) >= 11 is 0. The topological polar surface area (TPSA) is 193 Å². The van der Waals surface area contributed by atoms with Gasteiger partial charge in [-0.1, -0.05) is 12.8 Å². The van der Waals surface area contributed by atoms with Gasteiger partial charge in [0.1, 0.15) is 24.5 Å². The smallest absolute Gasteiger partial charge is 0.385 e. The zero-order valence-electron chi connectivity index (χ0n) is 16.9. The van der Waals surface area contributed by atoms with Crippen LogP contribution in [0.1, 0.15) is 25.7 Å². The van der Waals surface area contributed by atoms with Crippen LogP contribution in [0.2, 0.25) is 0 Å². The van der Waals surface area contributed by atoms with Crippen molar-refractivity contribution in [3.8, 4) is 0 Å². The van der Waals surface area contributed by atoms with Crippen LogP contribution in [0.3, 0.4) is 0 Å². The predicted molar refractivity (Wildman–Crippen MR) is 115 cm³/mol. The summed E-state index contributed by atoms with van der Waals surface area (Å²) in [4.78, 5) is 30.6. The number of unbranched alkanes of at least 4 members (excludes halogenated alkanes) is 3.